The summed E-state index contributed by atoms with van der Waals surface area (Å²) >= 11 is 0. The Bertz CT molecular complexity index is 819. The first-order valence-electron chi connectivity index (χ1n) is 7.35. The van der Waals surface area contributed by atoms with E-state index in [1.165, 1.54) is 11.0 Å². The van der Waals surface area contributed by atoms with Gasteiger partial charge in [-0.15, -0.1) is 0 Å². The molecule has 1 aliphatic heterocycles. The van der Waals surface area contributed by atoms with E-state index < -0.39 is 4.92 Å². The fourth-order valence-corrected chi connectivity index (χ4v) is 2.54. The van der Waals surface area contributed by atoms with E-state index in [4.69, 9.17) is 9.47 Å². The molecule has 1 amide bonds. The number of nitro benzene ring substituents is 1. The summed E-state index contributed by atoms with van der Waals surface area (Å²) < 4.78 is 10.6. The van der Waals surface area contributed by atoms with Gasteiger partial charge in [0.05, 0.1) is 4.92 Å². The highest BCUT2D eigenvalue weighted by atomic mass is 16.7. The van der Waals surface area contributed by atoms with Crippen molar-refractivity contribution in [3.8, 4) is 11.5 Å². The number of amides is 1. The normalized spacial score (nSPS) is 12.1. The summed E-state index contributed by atoms with van der Waals surface area (Å²) in [5.41, 5.74) is 1.64. The first kappa shape index (κ1) is 15.8. The Morgan fingerprint density at radius 1 is 1.21 bits per heavy atom. The summed E-state index contributed by atoms with van der Waals surface area (Å²) in [6.07, 6.45) is 0. The molecule has 2 aromatic rings. The second kappa shape index (κ2) is 6.19. The van der Waals surface area contributed by atoms with Crippen LogP contribution in [0.3, 0.4) is 0 Å². The molecule has 1 aliphatic rings. The van der Waals surface area contributed by atoms with Gasteiger partial charge in [0, 0.05) is 30.8 Å². The molecule has 0 spiro atoms. The number of rotatable bonds is 4. The average Bonchev–Trinajstić information content (AvgIpc) is 3.02. The van der Waals surface area contributed by atoms with Gasteiger partial charge in [0.25, 0.3) is 11.6 Å². The summed E-state index contributed by atoms with van der Waals surface area (Å²) in [6.45, 7) is 2.19. The van der Waals surface area contributed by atoms with Crippen LogP contribution in [0.2, 0.25) is 0 Å². The van der Waals surface area contributed by atoms with Crippen LogP contribution >= 0.6 is 0 Å². The number of carbonyl (C=O) groups excluding carboxylic acids is 1. The van der Waals surface area contributed by atoms with Crippen molar-refractivity contribution in [2.24, 2.45) is 0 Å². The molecule has 0 saturated heterocycles. The molecule has 1 heterocycles. The van der Waals surface area contributed by atoms with Gasteiger partial charge in [-0.3, -0.25) is 14.9 Å². The van der Waals surface area contributed by atoms with Crippen molar-refractivity contribution in [3.63, 3.8) is 0 Å². The number of aryl methyl sites for hydroxylation is 1. The van der Waals surface area contributed by atoms with E-state index in [-0.39, 0.29) is 24.0 Å². The number of ether oxygens (including phenoxy) is 2. The first-order valence-corrected chi connectivity index (χ1v) is 7.35. The van der Waals surface area contributed by atoms with Crippen LogP contribution in [0.25, 0.3) is 0 Å². The molecule has 0 atom stereocenters. The maximum Gasteiger partial charge on any atom is 0.273 e. The summed E-state index contributed by atoms with van der Waals surface area (Å²) in [7, 11) is 1.65. The predicted octanol–water partition coefficient (Wildman–Crippen LogP) is 2.90. The maximum absolute atomic E-state index is 12.5. The van der Waals surface area contributed by atoms with Gasteiger partial charge in [0.15, 0.2) is 11.5 Å². The number of fused-ring (bicyclic) bond motifs is 1. The van der Waals surface area contributed by atoms with Crippen molar-refractivity contribution in [1.29, 1.82) is 0 Å². The van der Waals surface area contributed by atoms with Gasteiger partial charge in [-0.1, -0.05) is 12.1 Å². The van der Waals surface area contributed by atoms with Crippen molar-refractivity contribution in [3.05, 3.63) is 63.2 Å². The first-order chi connectivity index (χ1) is 11.5. The minimum Gasteiger partial charge on any atom is -0.454 e. The lowest BCUT2D eigenvalue weighted by Crippen LogP contribution is -2.26. The Balaban J connectivity index is 1.77. The molecule has 0 bridgehead atoms. The van der Waals surface area contributed by atoms with Gasteiger partial charge < -0.3 is 14.4 Å². The zero-order valence-electron chi connectivity index (χ0n) is 13.3. The lowest BCUT2D eigenvalue weighted by atomic mass is 10.1. The molecular weight excluding hydrogens is 312 g/mol. The van der Waals surface area contributed by atoms with Crippen LogP contribution in [-0.4, -0.2) is 29.6 Å². The molecule has 2 aromatic carbocycles. The zero-order chi connectivity index (χ0) is 17.3. The second-order valence-electron chi connectivity index (χ2n) is 5.61. The number of nitro groups is 1. The molecule has 0 fully saturated rings. The second-order valence-corrected chi connectivity index (χ2v) is 5.61. The highest BCUT2D eigenvalue weighted by Crippen LogP contribution is 2.32. The summed E-state index contributed by atoms with van der Waals surface area (Å²) in [5.74, 6) is 1.05. The Hall–Kier alpha value is -3.09. The lowest BCUT2D eigenvalue weighted by molar-refractivity contribution is -0.385. The molecule has 0 aromatic heterocycles. The number of benzene rings is 2. The van der Waals surface area contributed by atoms with Crippen LogP contribution < -0.4 is 9.47 Å². The molecule has 3 rings (SSSR count). The summed E-state index contributed by atoms with van der Waals surface area (Å²) in [4.78, 5) is 24.6. The molecule has 0 saturated carbocycles. The third-order valence-electron chi connectivity index (χ3n) is 3.86. The Labute approximate surface area is 138 Å². The maximum atomic E-state index is 12.5. The monoisotopic (exact) mass is 328 g/mol. The molecule has 124 valence electrons. The SMILES string of the molecule is Cc1ccc(C(=O)N(C)Cc2ccc3c(c2)OCO3)cc1[N+](=O)[O-]. The zero-order valence-corrected chi connectivity index (χ0v) is 13.3. The van der Waals surface area contributed by atoms with Crippen LogP contribution in [0.5, 0.6) is 11.5 Å². The van der Waals surface area contributed by atoms with Gasteiger partial charge in [-0.25, -0.2) is 0 Å². The highest BCUT2D eigenvalue weighted by Gasteiger charge is 2.19. The van der Waals surface area contributed by atoms with Crippen LogP contribution in [0.15, 0.2) is 36.4 Å². The third-order valence-corrected chi connectivity index (χ3v) is 3.86. The van der Waals surface area contributed by atoms with Gasteiger partial charge in [-0.05, 0) is 30.7 Å². The van der Waals surface area contributed by atoms with E-state index >= 15 is 0 Å². The minimum atomic E-state index is -0.482. The smallest absolute Gasteiger partial charge is 0.273 e. The number of hydrogen-bond donors (Lipinski definition) is 0. The predicted molar refractivity (Wildman–Crippen MR) is 86.2 cm³/mol. The van der Waals surface area contributed by atoms with E-state index in [0.29, 0.717) is 23.6 Å². The Kier molecular flexibility index (Phi) is 4.07. The van der Waals surface area contributed by atoms with Gasteiger partial charge in [0.2, 0.25) is 6.79 Å². The largest absolute Gasteiger partial charge is 0.454 e. The summed E-state index contributed by atoms with van der Waals surface area (Å²) in [5, 5.41) is 11.0. The molecule has 0 aliphatic carbocycles. The van der Waals surface area contributed by atoms with Gasteiger partial charge in [0.1, 0.15) is 0 Å². The molecular formula is C17H16N2O5. The molecule has 7 nitrogen and oxygen atoms in total. The van der Waals surface area contributed by atoms with Crippen LogP contribution in [-0.2, 0) is 6.54 Å². The van der Waals surface area contributed by atoms with Crippen LogP contribution in [0.4, 0.5) is 5.69 Å². The standard InChI is InChI=1S/C17H16N2O5/c1-11-3-5-13(8-14(11)19(21)22)17(20)18(2)9-12-4-6-15-16(7-12)24-10-23-15/h3-8H,9-10H2,1-2H3. The summed E-state index contributed by atoms with van der Waals surface area (Å²) in [6, 6.07) is 9.97. The van der Waals surface area contributed by atoms with E-state index in [1.54, 1.807) is 32.2 Å². The quantitative estimate of drug-likeness (QED) is 0.636. The van der Waals surface area contributed by atoms with Crippen molar-refractivity contribution in [2.45, 2.75) is 13.5 Å². The lowest BCUT2D eigenvalue weighted by Gasteiger charge is -2.17. The molecule has 0 N–H and O–H groups in total. The number of hydrogen-bond acceptors (Lipinski definition) is 5. The highest BCUT2D eigenvalue weighted by molar-refractivity contribution is 5.94. The molecule has 0 radical (unpaired) electrons. The van der Waals surface area contributed by atoms with E-state index in [0.717, 1.165) is 5.56 Å². The van der Waals surface area contributed by atoms with Crippen LogP contribution in [0, 0.1) is 17.0 Å². The molecule has 24 heavy (non-hydrogen) atoms. The Morgan fingerprint density at radius 3 is 2.71 bits per heavy atom. The fraction of sp³-hybridized carbons (Fsp3) is 0.235. The number of nitrogens with zero attached hydrogens (tertiary/aromatic N) is 2. The van der Waals surface area contributed by atoms with E-state index in [1.807, 2.05) is 12.1 Å². The van der Waals surface area contributed by atoms with E-state index in [2.05, 4.69) is 0 Å². The average molecular weight is 328 g/mol. The van der Waals surface area contributed by atoms with Gasteiger partial charge in [-0.2, -0.15) is 0 Å². The third kappa shape index (κ3) is 3.01. The van der Waals surface area contributed by atoms with Crippen LogP contribution in [0.1, 0.15) is 21.5 Å². The molecule has 0 unspecified atom stereocenters. The van der Waals surface area contributed by atoms with Crippen molar-refractivity contribution in [2.75, 3.05) is 13.8 Å². The number of carbonyl (C=O) groups is 1. The van der Waals surface area contributed by atoms with Gasteiger partial charge >= 0.3 is 0 Å². The fourth-order valence-electron chi connectivity index (χ4n) is 2.54. The minimum absolute atomic E-state index is 0.0580. The topological polar surface area (TPSA) is 81.9 Å². The van der Waals surface area contributed by atoms with Crippen molar-refractivity contribution < 1.29 is 19.2 Å². The van der Waals surface area contributed by atoms with E-state index in [9.17, 15) is 14.9 Å². The van der Waals surface area contributed by atoms with Crippen molar-refractivity contribution >= 4 is 11.6 Å². The molecule has 7 heteroatoms. The van der Waals surface area contributed by atoms with Crippen molar-refractivity contribution in [1.82, 2.24) is 4.90 Å². The Morgan fingerprint density at radius 2 is 1.96 bits per heavy atom.